The van der Waals surface area contributed by atoms with E-state index in [-0.39, 0.29) is 0 Å². The van der Waals surface area contributed by atoms with E-state index < -0.39 is 0 Å². The molecule has 0 aliphatic heterocycles. The highest BCUT2D eigenvalue weighted by atomic mass is 15.2. The van der Waals surface area contributed by atoms with Crippen LogP contribution in [0.2, 0.25) is 0 Å². The minimum absolute atomic E-state index is 0.903. The van der Waals surface area contributed by atoms with Gasteiger partial charge in [-0.1, -0.05) is 6.92 Å². The fourth-order valence-electron chi connectivity index (χ4n) is 1.71. The number of nitrogens with zero attached hydrogens (tertiary/aromatic N) is 4. The molecule has 2 aromatic heterocycles. The minimum Gasteiger partial charge on any atom is -0.370 e. The summed E-state index contributed by atoms with van der Waals surface area (Å²) < 4.78 is 1.77. The predicted octanol–water partition coefficient (Wildman–Crippen LogP) is 2.01. The monoisotopic (exact) mass is 231 g/mol. The second-order valence-electron chi connectivity index (χ2n) is 4.03. The Bertz CT molecular complexity index is 503. The van der Waals surface area contributed by atoms with Crippen LogP contribution in [0.3, 0.4) is 0 Å². The Labute approximate surface area is 101 Å². The zero-order chi connectivity index (χ0) is 12.3. The third-order valence-corrected chi connectivity index (χ3v) is 2.60. The first-order valence-corrected chi connectivity index (χ1v) is 5.77. The van der Waals surface area contributed by atoms with Gasteiger partial charge in [-0.3, -0.25) is 4.68 Å². The largest absolute Gasteiger partial charge is 0.370 e. The quantitative estimate of drug-likeness (QED) is 0.874. The standard InChI is InChI=1S/C12H17N5/c1-4-5-13-12-9(2)11(14-8-15-12)10-6-16-17(3)7-10/h6-8H,4-5H2,1-3H3,(H,13,14,15). The number of nitrogens with one attached hydrogen (secondary N) is 1. The summed E-state index contributed by atoms with van der Waals surface area (Å²) in [7, 11) is 1.90. The lowest BCUT2D eigenvalue weighted by Crippen LogP contribution is -2.05. The Morgan fingerprint density at radius 3 is 2.82 bits per heavy atom. The van der Waals surface area contributed by atoms with Crippen LogP contribution in [-0.4, -0.2) is 26.3 Å². The molecule has 2 heterocycles. The lowest BCUT2D eigenvalue weighted by Gasteiger charge is -2.09. The van der Waals surface area contributed by atoms with E-state index in [1.165, 1.54) is 0 Å². The molecule has 1 N–H and O–H groups in total. The molecular formula is C12H17N5. The molecule has 0 saturated carbocycles. The summed E-state index contributed by atoms with van der Waals surface area (Å²) >= 11 is 0. The van der Waals surface area contributed by atoms with Crippen LogP contribution in [0.15, 0.2) is 18.7 Å². The smallest absolute Gasteiger partial charge is 0.132 e. The van der Waals surface area contributed by atoms with Crippen LogP contribution in [0, 0.1) is 6.92 Å². The van der Waals surface area contributed by atoms with Crippen molar-refractivity contribution >= 4 is 5.82 Å². The van der Waals surface area contributed by atoms with E-state index in [0.29, 0.717) is 0 Å². The van der Waals surface area contributed by atoms with Crippen molar-refractivity contribution in [3.8, 4) is 11.3 Å². The molecule has 0 saturated heterocycles. The topological polar surface area (TPSA) is 55.6 Å². The van der Waals surface area contributed by atoms with Gasteiger partial charge in [0.2, 0.25) is 0 Å². The third kappa shape index (κ3) is 2.43. The molecule has 2 rings (SSSR count). The first-order valence-electron chi connectivity index (χ1n) is 5.77. The third-order valence-electron chi connectivity index (χ3n) is 2.60. The zero-order valence-corrected chi connectivity index (χ0v) is 10.4. The van der Waals surface area contributed by atoms with Gasteiger partial charge < -0.3 is 5.32 Å². The van der Waals surface area contributed by atoms with Gasteiger partial charge in [-0.2, -0.15) is 5.10 Å². The molecule has 0 atom stereocenters. The molecule has 0 unspecified atom stereocenters. The van der Waals surface area contributed by atoms with E-state index in [1.807, 2.05) is 26.4 Å². The summed E-state index contributed by atoms with van der Waals surface area (Å²) in [5.74, 6) is 0.903. The van der Waals surface area contributed by atoms with Gasteiger partial charge in [0.15, 0.2) is 0 Å². The summed E-state index contributed by atoms with van der Waals surface area (Å²) in [4.78, 5) is 8.59. The fraction of sp³-hybridized carbons (Fsp3) is 0.417. The molecule has 0 bridgehead atoms. The minimum atomic E-state index is 0.903. The van der Waals surface area contributed by atoms with Crippen LogP contribution in [-0.2, 0) is 7.05 Å². The average molecular weight is 231 g/mol. The highest BCUT2D eigenvalue weighted by Gasteiger charge is 2.09. The molecule has 2 aromatic rings. The van der Waals surface area contributed by atoms with E-state index in [9.17, 15) is 0 Å². The average Bonchev–Trinajstić information content (AvgIpc) is 2.74. The molecule has 17 heavy (non-hydrogen) atoms. The molecule has 0 aliphatic rings. The molecule has 5 heteroatoms. The van der Waals surface area contributed by atoms with Crippen LogP contribution in [0.5, 0.6) is 0 Å². The molecular weight excluding hydrogens is 214 g/mol. The SMILES string of the molecule is CCCNc1ncnc(-c2cnn(C)c2)c1C. The molecule has 0 spiro atoms. The van der Waals surface area contributed by atoms with Crippen LogP contribution in [0.1, 0.15) is 18.9 Å². The normalized spacial score (nSPS) is 10.5. The number of aryl methyl sites for hydroxylation is 1. The highest BCUT2D eigenvalue weighted by Crippen LogP contribution is 2.23. The van der Waals surface area contributed by atoms with E-state index in [1.54, 1.807) is 11.0 Å². The second-order valence-corrected chi connectivity index (χ2v) is 4.03. The van der Waals surface area contributed by atoms with Crippen molar-refractivity contribution < 1.29 is 0 Å². The summed E-state index contributed by atoms with van der Waals surface area (Å²) in [6, 6.07) is 0. The summed E-state index contributed by atoms with van der Waals surface area (Å²) in [6.45, 7) is 5.08. The Morgan fingerprint density at radius 2 is 2.18 bits per heavy atom. The van der Waals surface area contributed by atoms with E-state index in [0.717, 1.165) is 35.6 Å². The maximum atomic E-state index is 4.33. The zero-order valence-electron chi connectivity index (χ0n) is 10.4. The van der Waals surface area contributed by atoms with Crippen molar-refractivity contribution in [1.29, 1.82) is 0 Å². The van der Waals surface area contributed by atoms with E-state index in [4.69, 9.17) is 0 Å². The Morgan fingerprint density at radius 1 is 1.35 bits per heavy atom. The maximum Gasteiger partial charge on any atom is 0.132 e. The Hall–Kier alpha value is -1.91. The van der Waals surface area contributed by atoms with E-state index >= 15 is 0 Å². The van der Waals surface area contributed by atoms with Crippen molar-refractivity contribution in [2.75, 3.05) is 11.9 Å². The van der Waals surface area contributed by atoms with Gasteiger partial charge in [0.05, 0.1) is 11.9 Å². The van der Waals surface area contributed by atoms with Gasteiger partial charge >= 0.3 is 0 Å². The number of anilines is 1. The summed E-state index contributed by atoms with van der Waals surface area (Å²) in [5.41, 5.74) is 3.02. The van der Waals surface area contributed by atoms with Gasteiger partial charge in [-0.05, 0) is 13.3 Å². The Kier molecular flexibility index (Phi) is 3.37. The van der Waals surface area contributed by atoms with Gasteiger partial charge in [-0.15, -0.1) is 0 Å². The highest BCUT2D eigenvalue weighted by molar-refractivity contribution is 5.66. The molecule has 0 amide bonds. The van der Waals surface area contributed by atoms with Crippen molar-refractivity contribution in [1.82, 2.24) is 19.7 Å². The molecule has 5 nitrogen and oxygen atoms in total. The molecule has 0 fully saturated rings. The van der Waals surface area contributed by atoms with Crippen LogP contribution < -0.4 is 5.32 Å². The fourth-order valence-corrected chi connectivity index (χ4v) is 1.71. The van der Waals surface area contributed by atoms with Crippen molar-refractivity contribution in [2.45, 2.75) is 20.3 Å². The van der Waals surface area contributed by atoms with Crippen LogP contribution in [0.4, 0.5) is 5.82 Å². The predicted molar refractivity (Wildman–Crippen MR) is 67.8 cm³/mol. The van der Waals surface area contributed by atoms with Crippen molar-refractivity contribution in [2.24, 2.45) is 7.05 Å². The van der Waals surface area contributed by atoms with Gasteiger partial charge in [-0.25, -0.2) is 9.97 Å². The molecule has 0 radical (unpaired) electrons. The molecule has 0 aromatic carbocycles. The van der Waals surface area contributed by atoms with Crippen LogP contribution in [0.25, 0.3) is 11.3 Å². The Balaban J connectivity index is 2.35. The molecule has 90 valence electrons. The number of hydrogen-bond acceptors (Lipinski definition) is 4. The lowest BCUT2D eigenvalue weighted by atomic mass is 10.1. The maximum absolute atomic E-state index is 4.33. The first kappa shape index (κ1) is 11.6. The number of aromatic nitrogens is 4. The van der Waals surface area contributed by atoms with E-state index in [2.05, 4.69) is 27.3 Å². The van der Waals surface area contributed by atoms with Crippen LogP contribution >= 0.6 is 0 Å². The number of hydrogen-bond donors (Lipinski definition) is 1. The molecule has 0 aliphatic carbocycles. The summed E-state index contributed by atoms with van der Waals surface area (Å²) in [6.07, 6.45) is 6.44. The first-order chi connectivity index (χ1) is 8.22. The number of rotatable bonds is 4. The van der Waals surface area contributed by atoms with Crippen molar-refractivity contribution in [3.05, 3.63) is 24.3 Å². The van der Waals surface area contributed by atoms with Gasteiger partial charge in [0.1, 0.15) is 12.1 Å². The lowest BCUT2D eigenvalue weighted by molar-refractivity contribution is 0.768. The van der Waals surface area contributed by atoms with Gasteiger partial charge in [0.25, 0.3) is 0 Å². The van der Waals surface area contributed by atoms with Crippen molar-refractivity contribution in [3.63, 3.8) is 0 Å². The second kappa shape index (κ2) is 4.95. The summed E-state index contributed by atoms with van der Waals surface area (Å²) in [5, 5.41) is 7.46. The van der Waals surface area contributed by atoms with Gasteiger partial charge in [0, 0.05) is 30.9 Å².